The van der Waals surface area contributed by atoms with E-state index in [1.807, 2.05) is 18.2 Å². The second-order valence-electron chi connectivity index (χ2n) is 8.35. The number of halogens is 1. The Morgan fingerprint density at radius 3 is 2.66 bits per heavy atom. The molecule has 10 heteroatoms. The minimum Gasteiger partial charge on any atom is -0.496 e. The maximum atomic E-state index is 13.9. The van der Waals surface area contributed by atoms with Gasteiger partial charge in [-0.05, 0) is 30.7 Å². The van der Waals surface area contributed by atoms with Gasteiger partial charge in [0.2, 0.25) is 5.91 Å². The zero-order valence-electron chi connectivity index (χ0n) is 19.6. The van der Waals surface area contributed by atoms with E-state index in [4.69, 9.17) is 9.47 Å². The number of nitrogens with one attached hydrogen (secondary N) is 1. The van der Waals surface area contributed by atoms with E-state index >= 15 is 0 Å². The van der Waals surface area contributed by atoms with Gasteiger partial charge >= 0.3 is 5.97 Å². The first-order valence-corrected chi connectivity index (χ1v) is 10.9. The summed E-state index contributed by atoms with van der Waals surface area (Å²) in [5.41, 5.74) is -0.231. The van der Waals surface area contributed by atoms with Crippen molar-refractivity contribution in [2.24, 2.45) is 0 Å². The molecule has 0 saturated carbocycles. The minimum absolute atomic E-state index is 0.0169. The van der Waals surface area contributed by atoms with E-state index in [1.54, 1.807) is 26.2 Å². The molecule has 182 valence electrons. The average Bonchev–Trinajstić information content (AvgIpc) is 3.28. The van der Waals surface area contributed by atoms with Crippen LogP contribution in [0.4, 0.5) is 4.39 Å². The largest absolute Gasteiger partial charge is 0.496 e. The van der Waals surface area contributed by atoms with Crippen molar-refractivity contribution < 1.29 is 28.2 Å². The van der Waals surface area contributed by atoms with Crippen molar-refractivity contribution in [3.8, 4) is 5.75 Å². The van der Waals surface area contributed by atoms with Crippen molar-refractivity contribution >= 4 is 17.8 Å². The van der Waals surface area contributed by atoms with Crippen LogP contribution >= 0.6 is 0 Å². The van der Waals surface area contributed by atoms with Gasteiger partial charge in [-0.3, -0.25) is 9.59 Å². The molecule has 2 amide bonds. The lowest BCUT2D eigenvalue weighted by Crippen LogP contribution is -2.63. The molecular weight excluding hydrogens is 455 g/mol. The number of hydrogen-bond donors (Lipinski definition) is 1. The van der Waals surface area contributed by atoms with Crippen molar-refractivity contribution in [1.29, 1.82) is 0 Å². The lowest BCUT2D eigenvalue weighted by Gasteiger charge is -2.43. The third-order valence-electron chi connectivity index (χ3n) is 6.09. The van der Waals surface area contributed by atoms with Crippen LogP contribution in [0.15, 0.2) is 54.9 Å². The van der Waals surface area contributed by atoms with Crippen molar-refractivity contribution in [2.75, 3.05) is 14.2 Å². The van der Waals surface area contributed by atoms with E-state index < -0.39 is 29.1 Å². The minimum atomic E-state index is -1.37. The Balaban J connectivity index is 1.70. The van der Waals surface area contributed by atoms with Crippen LogP contribution in [0, 0.1) is 5.82 Å². The first-order valence-electron chi connectivity index (χ1n) is 10.9. The molecule has 1 aromatic heterocycles. The van der Waals surface area contributed by atoms with Gasteiger partial charge in [0.15, 0.2) is 5.69 Å². The van der Waals surface area contributed by atoms with Gasteiger partial charge in [-0.25, -0.2) is 14.2 Å². The van der Waals surface area contributed by atoms with Gasteiger partial charge in [0.1, 0.15) is 22.8 Å². The highest BCUT2D eigenvalue weighted by Crippen LogP contribution is 2.31. The standard InChI is InChI=1S/C25H25FN4O5/c1-25(24(33)27-12-17-8-4-5-10-19(17)34-2)14-29-15-28-20(23(32)35-3)21(29)22(31)30(25)13-16-7-6-9-18(26)11-16/h4-11,15H,12-14H2,1-3H3,(H,27,33)/t25-/m0/s1. The number of rotatable bonds is 7. The van der Waals surface area contributed by atoms with Gasteiger partial charge in [0.05, 0.1) is 27.1 Å². The molecule has 9 nitrogen and oxygen atoms in total. The SMILES string of the molecule is COC(=O)c1ncn2c1C(=O)N(Cc1cccc(F)c1)[C@](C)(C(=O)NCc1ccccc1OC)C2. The number of methoxy groups -OCH3 is 2. The molecule has 3 aromatic rings. The molecule has 1 N–H and O–H groups in total. The average molecular weight is 480 g/mol. The highest BCUT2D eigenvalue weighted by Gasteiger charge is 2.49. The molecule has 2 heterocycles. The fraction of sp³-hybridized carbons (Fsp3) is 0.280. The van der Waals surface area contributed by atoms with Gasteiger partial charge < -0.3 is 24.3 Å². The number of esters is 1. The monoisotopic (exact) mass is 480 g/mol. The summed E-state index contributed by atoms with van der Waals surface area (Å²) >= 11 is 0. The highest BCUT2D eigenvalue weighted by molar-refractivity contribution is 6.06. The van der Waals surface area contributed by atoms with Crippen LogP contribution in [-0.4, -0.2) is 52.0 Å². The van der Waals surface area contributed by atoms with Crippen LogP contribution in [0.1, 0.15) is 39.0 Å². The third-order valence-corrected chi connectivity index (χ3v) is 6.09. The fourth-order valence-corrected chi connectivity index (χ4v) is 4.21. The first-order chi connectivity index (χ1) is 16.8. The summed E-state index contributed by atoms with van der Waals surface area (Å²) in [7, 11) is 2.74. The summed E-state index contributed by atoms with van der Waals surface area (Å²) < 4.78 is 25.5. The summed E-state index contributed by atoms with van der Waals surface area (Å²) in [6.45, 7) is 1.78. The molecule has 0 fully saturated rings. The quantitative estimate of drug-likeness (QED) is 0.522. The molecule has 2 aromatic carbocycles. The fourth-order valence-electron chi connectivity index (χ4n) is 4.21. The topological polar surface area (TPSA) is 103 Å². The van der Waals surface area contributed by atoms with Crippen molar-refractivity contribution in [3.05, 3.63) is 83.2 Å². The van der Waals surface area contributed by atoms with E-state index in [0.29, 0.717) is 11.3 Å². The highest BCUT2D eigenvalue weighted by atomic mass is 19.1. The molecule has 35 heavy (non-hydrogen) atoms. The number of nitrogens with zero attached hydrogens (tertiary/aromatic N) is 3. The van der Waals surface area contributed by atoms with Crippen LogP contribution in [0.5, 0.6) is 5.75 Å². The Morgan fingerprint density at radius 1 is 1.17 bits per heavy atom. The maximum absolute atomic E-state index is 13.9. The number of para-hydroxylation sites is 1. The molecule has 0 unspecified atom stereocenters. The number of fused-ring (bicyclic) bond motifs is 1. The Kier molecular flexibility index (Phi) is 6.54. The lowest BCUT2D eigenvalue weighted by molar-refractivity contribution is -0.133. The zero-order valence-corrected chi connectivity index (χ0v) is 19.6. The molecule has 0 bridgehead atoms. The Hall–Kier alpha value is -4.21. The van der Waals surface area contributed by atoms with Gasteiger partial charge in [-0.2, -0.15) is 0 Å². The number of hydrogen-bond acceptors (Lipinski definition) is 6. The Labute approximate surface area is 201 Å². The van der Waals surface area contributed by atoms with Crippen LogP contribution in [0.25, 0.3) is 0 Å². The van der Waals surface area contributed by atoms with Crippen LogP contribution < -0.4 is 10.1 Å². The molecule has 4 rings (SSSR count). The van der Waals surface area contributed by atoms with E-state index in [2.05, 4.69) is 10.3 Å². The Morgan fingerprint density at radius 2 is 1.94 bits per heavy atom. The normalized spacial score (nSPS) is 17.0. The van der Waals surface area contributed by atoms with Gasteiger partial charge in [0.25, 0.3) is 5.91 Å². The molecule has 0 saturated heterocycles. The maximum Gasteiger partial charge on any atom is 0.359 e. The summed E-state index contributed by atoms with van der Waals surface area (Å²) in [4.78, 5) is 44.8. The van der Waals surface area contributed by atoms with Crippen LogP contribution in [0.3, 0.4) is 0 Å². The number of aromatic nitrogens is 2. The van der Waals surface area contributed by atoms with Gasteiger partial charge in [0, 0.05) is 18.7 Å². The third kappa shape index (κ3) is 4.46. The second kappa shape index (κ2) is 9.57. The lowest BCUT2D eigenvalue weighted by atomic mass is 9.93. The van der Waals surface area contributed by atoms with E-state index in [9.17, 15) is 18.8 Å². The first kappa shape index (κ1) is 23.9. The van der Waals surface area contributed by atoms with Gasteiger partial charge in [-0.1, -0.05) is 30.3 Å². The molecule has 1 atom stereocenters. The number of amides is 2. The van der Waals surface area contributed by atoms with Crippen molar-refractivity contribution in [1.82, 2.24) is 19.8 Å². The summed E-state index contributed by atoms with van der Waals surface area (Å²) in [6.07, 6.45) is 1.34. The molecule has 1 aliphatic rings. The molecular formula is C25H25FN4O5. The summed E-state index contributed by atoms with van der Waals surface area (Å²) in [5, 5.41) is 2.89. The predicted octanol–water partition coefficient (Wildman–Crippen LogP) is 2.55. The smallest absolute Gasteiger partial charge is 0.359 e. The second-order valence-corrected chi connectivity index (χ2v) is 8.35. The van der Waals surface area contributed by atoms with Crippen molar-refractivity contribution in [3.63, 3.8) is 0 Å². The number of imidazole rings is 1. The number of benzene rings is 2. The van der Waals surface area contributed by atoms with Crippen LogP contribution in [0.2, 0.25) is 0 Å². The Bertz CT molecular complexity index is 1290. The zero-order chi connectivity index (χ0) is 25.2. The molecule has 1 aliphatic heterocycles. The summed E-state index contributed by atoms with van der Waals surface area (Å²) in [5.74, 6) is -1.62. The molecule has 0 aliphatic carbocycles. The number of carbonyl (C=O) groups is 3. The molecule has 0 radical (unpaired) electrons. The molecule has 0 spiro atoms. The summed E-state index contributed by atoms with van der Waals surface area (Å²) in [6, 6.07) is 13.1. The van der Waals surface area contributed by atoms with E-state index in [-0.39, 0.29) is 31.0 Å². The van der Waals surface area contributed by atoms with Gasteiger partial charge in [-0.15, -0.1) is 0 Å². The van der Waals surface area contributed by atoms with E-state index in [1.165, 1.54) is 41.1 Å². The number of carbonyl (C=O) groups excluding carboxylic acids is 3. The number of ether oxygens (including phenoxy) is 2. The van der Waals surface area contributed by atoms with Crippen molar-refractivity contribution in [2.45, 2.75) is 32.1 Å². The predicted molar refractivity (Wildman–Crippen MR) is 123 cm³/mol. The van der Waals surface area contributed by atoms with E-state index in [0.717, 1.165) is 5.56 Å². The van der Waals surface area contributed by atoms with Crippen LogP contribution in [-0.2, 0) is 29.2 Å².